The first-order valence-corrected chi connectivity index (χ1v) is 2.85. The maximum atomic E-state index is 11.3. The summed E-state index contributed by atoms with van der Waals surface area (Å²) >= 11 is 4.44. The van der Waals surface area contributed by atoms with Crippen molar-refractivity contribution in [3.63, 3.8) is 0 Å². The highest BCUT2D eigenvalue weighted by molar-refractivity contribution is 7.80. The van der Waals surface area contributed by atoms with Crippen LogP contribution in [0.3, 0.4) is 0 Å². The number of rotatable bonds is 2. The van der Waals surface area contributed by atoms with Crippen LogP contribution in [-0.2, 0) is 0 Å². The first kappa shape index (κ1) is 9.10. The molecule has 5 heteroatoms. The molecule has 0 amide bonds. The predicted octanol–water partition coefficient (Wildman–Crippen LogP) is 1.68. The molecule has 0 aliphatic carbocycles. The second-order valence-corrected chi connectivity index (χ2v) is 2.35. The van der Waals surface area contributed by atoms with E-state index in [1.807, 2.05) is 0 Å². The fourth-order valence-electron chi connectivity index (χ4n) is 0.259. The molecular formula is C4H7F3NS. The molecule has 0 heterocycles. The van der Waals surface area contributed by atoms with Crippen LogP contribution in [0.2, 0.25) is 0 Å². The van der Waals surface area contributed by atoms with Gasteiger partial charge in [0.1, 0.15) is 0 Å². The quantitative estimate of drug-likeness (QED) is 0.644. The Balaban J connectivity index is 3.28. The first-order valence-electron chi connectivity index (χ1n) is 2.38. The van der Waals surface area contributed by atoms with Crippen molar-refractivity contribution < 1.29 is 13.2 Å². The fraction of sp³-hybridized carbons (Fsp3) is 1.00. The van der Waals surface area contributed by atoms with Crippen molar-refractivity contribution in [2.24, 2.45) is 0 Å². The average Bonchev–Trinajstić information content (AvgIpc) is 1.59. The molecule has 0 saturated carbocycles. The van der Waals surface area contributed by atoms with Gasteiger partial charge in [-0.3, -0.25) is 5.32 Å². The summed E-state index contributed by atoms with van der Waals surface area (Å²) in [5, 5.41) is 1.55. The Hall–Kier alpha value is 0.100. The molecular weight excluding hydrogens is 151 g/mol. The summed E-state index contributed by atoms with van der Waals surface area (Å²) in [6.07, 6.45) is -4.15. The highest BCUT2D eigenvalue weighted by Crippen LogP contribution is 2.12. The molecule has 1 N–H and O–H groups in total. The van der Waals surface area contributed by atoms with Gasteiger partial charge in [-0.25, -0.2) is 0 Å². The van der Waals surface area contributed by atoms with Gasteiger partial charge in [0.05, 0.1) is 11.9 Å². The SMILES string of the molecule is CC([S])NCC(F)(F)F. The normalized spacial score (nSPS) is 15.7. The molecule has 0 aliphatic rings. The molecule has 0 aliphatic heterocycles. The maximum Gasteiger partial charge on any atom is 0.401 e. The van der Waals surface area contributed by atoms with E-state index < -0.39 is 18.1 Å². The summed E-state index contributed by atoms with van der Waals surface area (Å²) < 4.78 is 33.9. The van der Waals surface area contributed by atoms with E-state index in [-0.39, 0.29) is 0 Å². The molecule has 0 spiro atoms. The van der Waals surface area contributed by atoms with Crippen LogP contribution in [0.25, 0.3) is 0 Å². The molecule has 0 aromatic rings. The van der Waals surface area contributed by atoms with E-state index in [0.29, 0.717) is 0 Å². The van der Waals surface area contributed by atoms with Crippen molar-refractivity contribution in [3.05, 3.63) is 0 Å². The van der Waals surface area contributed by atoms with Crippen LogP contribution >= 0.6 is 12.6 Å². The summed E-state index contributed by atoms with van der Waals surface area (Å²) in [4.78, 5) is 0. The van der Waals surface area contributed by atoms with E-state index in [1.54, 1.807) is 0 Å². The van der Waals surface area contributed by atoms with E-state index >= 15 is 0 Å². The second kappa shape index (κ2) is 3.31. The van der Waals surface area contributed by atoms with Gasteiger partial charge in [-0.2, -0.15) is 13.2 Å². The first-order chi connectivity index (χ1) is 3.92. The average molecular weight is 158 g/mol. The van der Waals surface area contributed by atoms with E-state index in [1.165, 1.54) is 6.92 Å². The third kappa shape index (κ3) is 8.10. The lowest BCUT2D eigenvalue weighted by atomic mass is 10.6. The van der Waals surface area contributed by atoms with Gasteiger partial charge in [0.25, 0.3) is 0 Å². The van der Waals surface area contributed by atoms with Gasteiger partial charge in [-0.15, -0.1) is 0 Å². The number of hydrogen-bond acceptors (Lipinski definition) is 1. The predicted molar refractivity (Wildman–Crippen MR) is 31.1 cm³/mol. The molecule has 0 fully saturated rings. The fourth-order valence-corrected chi connectivity index (χ4v) is 0.343. The van der Waals surface area contributed by atoms with Crippen LogP contribution < -0.4 is 5.32 Å². The van der Waals surface area contributed by atoms with Gasteiger partial charge in [0.2, 0.25) is 0 Å². The Labute approximate surface area is 57.0 Å². The Morgan fingerprint density at radius 1 is 1.56 bits per heavy atom. The van der Waals surface area contributed by atoms with Gasteiger partial charge in [-0.05, 0) is 6.92 Å². The second-order valence-electron chi connectivity index (χ2n) is 1.64. The third-order valence-electron chi connectivity index (χ3n) is 0.590. The third-order valence-corrected chi connectivity index (χ3v) is 0.757. The Morgan fingerprint density at radius 2 is 2.00 bits per heavy atom. The minimum absolute atomic E-state index is 0.522. The number of hydrogen-bond donors (Lipinski definition) is 1. The lowest BCUT2D eigenvalue weighted by Crippen LogP contribution is -2.32. The summed E-state index contributed by atoms with van der Waals surface area (Å²) in [6, 6.07) is 0. The minimum atomic E-state index is -4.15. The highest BCUT2D eigenvalue weighted by atomic mass is 32.1. The summed E-state index contributed by atoms with van der Waals surface area (Å²) in [5.74, 6) is 0. The number of halogens is 3. The molecule has 55 valence electrons. The maximum absolute atomic E-state index is 11.3. The molecule has 1 radical (unpaired) electrons. The van der Waals surface area contributed by atoms with Gasteiger partial charge in [0, 0.05) is 0 Å². The summed E-state index contributed by atoms with van der Waals surface area (Å²) in [6.45, 7) is 0.485. The van der Waals surface area contributed by atoms with Crippen molar-refractivity contribution in [1.29, 1.82) is 0 Å². The molecule has 1 atom stereocenters. The van der Waals surface area contributed by atoms with Crippen LogP contribution in [0, 0.1) is 0 Å². The molecule has 0 saturated heterocycles. The zero-order valence-electron chi connectivity index (χ0n) is 4.83. The van der Waals surface area contributed by atoms with Crippen LogP contribution in [0.4, 0.5) is 13.2 Å². The van der Waals surface area contributed by atoms with E-state index in [4.69, 9.17) is 0 Å². The monoisotopic (exact) mass is 158 g/mol. The Morgan fingerprint density at radius 3 is 2.11 bits per heavy atom. The van der Waals surface area contributed by atoms with Crippen LogP contribution in [0.1, 0.15) is 6.92 Å². The van der Waals surface area contributed by atoms with Crippen LogP contribution in [-0.4, -0.2) is 18.1 Å². The lowest BCUT2D eigenvalue weighted by Gasteiger charge is -2.08. The minimum Gasteiger partial charge on any atom is -0.297 e. The van der Waals surface area contributed by atoms with Crippen LogP contribution in [0.15, 0.2) is 0 Å². The molecule has 1 nitrogen and oxygen atoms in total. The smallest absolute Gasteiger partial charge is 0.297 e. The Bertz CT molecular complexity index is 80.4. The summed E-state index contributed by atoms with van der Waals surface area (Å²) in [7, 11) is 0. The van der Waals surface area contributed by atoms with Crippen molar-refractivity contribution in [2.75, 3.05) is 6.54 Å². The topological polar surface area (TPSA) is 12.0 Å². The van der Waals surface area contributed by atoms with Gasteiger partial charge >= 0.3 is 6.18 Å². The van der Waals surface area contributed by atoms with Gasteiger partial charge < -0.3 is 0 Å². The van der Waals surface area contributed by atoms with E-state index in [9.17, 15) is 13.2 Å². The van der Waals surface area contributed by atoms with Crippen molar-refractivity contribution in [1.82, 2.24) is 5.32 Å². The van der Waals surface area contributed by atoms with Crippen molar-refractivity contribution in [2.45, 2.75) is 18.5 Å². The molecule has 0 aromatic carbocycles. The van der Waals surface area contributed by atoms with Gasteiger partial charge in [-0.1, -0.05) is 12.6 Å². The molecule has 0 aromatic heterocycles. The molecule has 9 heavy (non-hydrogen) atoms. The number of nitrogens with one attached hydrogen (secondary N) is 1. The van der Waals surface area contributed by atoms with Gasteiger partial charge in [0.15, 0.2) is 0 Å². The Kier molecular flexibility index (Phi) is 3.35. The largest absolute Gasteiger partial charge is 0.401 e. The molecule has 0 bridgehead atoms. The molecule has 0 rings (SSSR count). The van der Waals surface area contributed by atoms with Crippen molar-refractivity contribution >= 4 is 12.6 Å². The zero-order chi connectivity index (χ0) is 7.49. The van der Waals surface area contributed by atoms with Crippen molar-refractivity contribution in [3.8, 4) is 0 Å². The molecule has 1 unspecified atom stereocenters. The highest BCUT2D eigenvalue weighted by Gasteiger charge is 2.26. The van der Waals surface area contributed by atoms with Crippen LogP contribution in [0.5, 0.6) is 0 Å². The zero-order valence-corrected chi connectivity index (χ0v) is 5.64. The standard InChI is InChI=1S/C4H7F3NS/c1-3(9)8-2-4(5,6)7/h3,8H,2H2,1H3. The lowest BCUT2D eigenvalue weighted by molar-refractivity contribution is -0.124. The summed E-state index contributed by atoms with van der Waals surface area (Å²) in [5.41, 5.74) is 0. The van der Waals surface area contributed by atoms with E-state index in [0.717, 1.165) is 0 Å². The van der Waals surface area contributed by atoms with E-state index in [2.05, 4.69) is 17.9 Å². The number of alkyl halides is 3.